The van der Waals surface area contributed by atoms with Gasteiger partial charge in [0.1, 0.15) is 0 Å². The number of nitrogens with one attached hydrogen (secondary N) is 2. The van der Waals surface area contributed by atoms with Crippen molar-refractivity contribution in [3.05, 3.63) is 29.8 Å². The largest absolute Gasteiger partial charge is 0.310 e. The monoisotopic (exact) mass is 310 g/mol. The van der Waals surface area contributed by atoms with Gasteiger partial charge >= 0.3 is 0 Å². The Morgan fingerprint density at radius 1 is 1.19 bits per heavy atom. The second-order valence-electron chi connectivity index (χ2n) is 6.34. The quantitative estimate of drug-likeness (QED) is 0.776. The van der Waals surface area contributed by atoms with Gasteiger partial charge in [0, 0.05) is 18.6 Å². The van der Waals surface area contributed by atoms with E-state index in [-0.39, 0.29) is 6.04 Å². The number of hydrogen-bond donors (Lipinski definition) is 2. The van der Waals surface area contributed by atoms with Gasteiger partial charge in [-0.3, -0.25) is 0 Å². The van der Waals surface area contributed by atoms with E-state index in [0.717, 1.165) is 12.0 Å². The lowest BCUT2D eigenvalue weighted by atomic mass is 10.2. The summed E-state index contributed by atoms with van der Waals surface area (Å²) in [7, 11) is -3.45. The van der Waals surface area contributed by atoms with Crippen LogP contribution < -0.4 is 10.0 Å². The molecule has 0 bridgehead atoms. The molecule has 21 heavy (non-hydrogen) atoms. The first-order chi connectivity index (χ1) is 9.88. The van der Waals surface area contributed by atoms with E-state index < -0.39 is 10.0 Å². The number of hydrogen-bond acceptors (Lipinski definition) is 3. The molecule has 0 saturated heterocycles. The fraction of sp³-hybridized carbons (Fsp3) is 0.625. The Balaban J connectivity index is 2.10. The molecule has 0 radical (unpaired) electrons. The van der Waals surface area contributed by atoms with E-state index >= 15 is 0 Å². The molecule has 1 aromatic rings. The van der Waals surface area contributed by atoms with Gasteiger partial charge in [-0.15, -0.1) is 0 Å². The summed E-state index contributed by atoms with van der Waals surface area (Å²) in [4.78, 5) is 0.390. The summed E-state index contributed by atoms with van der Waals surface area (Å²) in [6.45, 7) is 6.61. The van der Waals surface area contributed by atoms with Crippen LogP contribution in [0.15, 0.2) is 29.2 Å². The van der Waals surface area contributed by atoms with Crippen LogP contribution in [0.3, 0.4) is 0 Å². The molecule has 0 spiro atoms. The maximum absolute atomic E-state index is 12.6. The smallest absolute Gasteiger partial charge is 0.241 e. The maximum atomic E-state index is 12.6. The predicted molar refractivity (Wildman–Crippen MR) is 85.5 cm³/mol. The minimum Gasteiger partial charge on any atom is -0.310 e. The molecule has 1 aromatic carbocycles. The van der Waals surface area contributed by atoms with Crippen molar-refractivity contribution >= 4 is 10.0 Å². The van der Waals surface area contributed by atoms with Gasteiger partial charge in [-0.1, -0.05) is 44.9 Å². The van der Waals surface area contributed by atoms with Gasteiger partial charge in [-0.2, -0.15) is 0 Å². The number of sulfonamides is 1. The molecule has 1 saturated carbocycles. The van der Waals surface area contributed by atoms with E-state index in [4.69, 9.17) is 0 Å². The molecule has 5 heteroatoms. The van der Waals surface area contributed by atoms with E-state index in [0.29, 0.717) is 23.4 Å². The zero-order chi connectivity index (χ0) is 15.5. The number of benzene rings is 1. The Bertz CT molecular complexity index is 565. The molecule has 1 fully saturated rings. The zero-order valence-corrected chi connectivity index (χ0v) is 13.9. The van der Waals surface area contributed by atoms with Crippen molar-refractivity contribution in [3.8, 4) is 0 Å². The zero-order valence-electron chi connectivity index (χ0n) is 13.1. The summed E-state index contributed by atoms with van der Waals surface area (Å²) in [5.74, 6) is 0.709. The Morgan fingerprint density at radius 3 is 2.48 bits per heavy atom. The van der Waals surface area contributed by atoms with Crippen LogP contribution in [0.25, 0.3) is 0 Å². The molecule has 1 unspecified atom stereocenters. The first-order valence-corrected chi connectivity index (χ1v) is 9.20. The van der Waals surface area contributed by atoms with Crippen LogP contribution in [-0.2, 0) is 16.6 Å². The summed E-state index contributed by atoms with van der Waals surface area (Å²) in [6.07, 6.45) is 3.41. The van der Waals surface area contributed by atoms with Crippen LogP contribution in [-0.4, -0.2) is 20.5 Å². The molecule has 1 aliphatic rings. The summed E-state index contributed by atoms with van der Waals surface area (Å²) in [5.41, 5.74) is 0.817. The molecular formula is C16H26N2O2S. The highest BCUT2D eigenvalue weighted by Gasteiger charge is 2.27. The van der Waals surface area contributed by atoms with Gasteiger partial charge in [0.2, 0.25) is 10.0 Å². The molecule has 118 valence electrons. The second kappa shape index (κ2) is 6.90. The van der Waals surface area contributed by atoms with Gasteiger partial charge in [0.05, 0.1) is 4.90 Å². The van der Waals surface area contributed by atoms with Crippen molar-refractivity contribution in [2.24, 2.45) is 5.92 Å². The van der Waals surface area contributed by atoms with Crippen LogP contribution in [0.1, 0.15) is 45.6 Å². The number of rotatable bonds is 8. The van der Waals surface area contributed by atoms with Crippen LogP contribution in [0.2, 0.25) is 0 Å². The predicted octanol–water partition coefficient (Wildman–Crippen LogP) is 2.65. The van der Waals surface area contributed by atoms with Crippen molar-refractivity contribution in [1.29, 1.82) is 0 Å². The Morgan fingerprint density at radius 2 is 1.86 bits per heavy atom. The van der Waals surface area contributed by atoms with E-state index in [1.807, 2.05) is 32.9 Å². The third-order valence-corrected chi connectivity index (χ3v) is 5.39. The third-order valence-electron chi connectivity index (χ3n) is 3.70. The lowest BCUT2D eigenvalue weighted by Crippen LogP contribution is -2.34. The van der Waals surface area contributed by atoms with E-state index in [1.54, 1.807) is 12.1 Å². The van der Waals surface area contributed by atoms with E-state index in [9.17, 15) is 8.42 Å². The average molecular weight is 310 g/mol. The molecule has 0 aromatic heterocycles. The van der Waals surface area contributed by atoms with E-state index in [1.165, 1.54) is 12.8 Å². The summed E-state index contributed by atoms with van der Waals surface area (Å²) in [6, 6.07) is 7.53. The van der Waals surface area contributed by atoms with Crippen LogP contribution >= 0.6 is 0 Å². The fourth-order valence-electron chi connectivity index (χ4n) is 2.46. The standard InChI is InChI=1S/C16H26N2O2S/c1-12(2)17-11-15-6-4-5-7-16(15)21(19,20)18-13(3)10-14-8-9-14/h4-7,12-14,17-18H,8-11H2,1-3H3. The third kappa shape index (κ3) is 5.09. The minimum absolute atomic E-state index is 0.00591. The first kappa shape index (κ1) is 16.5. The van der Waals surface area contributed by atoms with Gasteiger partial charge in [-0.25, -0.2) is 13.1 Å². The summed E-state index contributed by atoms with van der Waals surface area (Å²) < 4.78 is 28.0. The van der Waals surface area contributed by atoms with Crippen LogP contribution in [0.4, 0.5) is 0 Å². The second-order valence-corrected chi connectivity index (χ2v) is 8.03. The van der Waals surface area contributed by atoms with Gasteiger partial charge in [-0.05, 0) is 30.9 Å². The van der Waals surface area contributed by atoms with Gasteiger partial charge < -0.3 is 5.32 Å². The van der Waals surface area contributed by atoms with Gasteiger partial charge in [0.25, 0.3) is 0 Å². The molecular weight excluding hydrogens is 284 g/mol. The highest BCUT2D eigenvalue weighted by atomic mass is 32.2. The SMILES string of the molecule is CC(C)NCc1ccccc1S(=O)(=O)NC(C)CC1CC1. The van der Waals surface area contributed by atoms with E-state index in [2.05, 4.69) is 10.0 Å². The topological polar surface area (TPSA) is 58.2 Å². The minimum atomic E-state index is -3.45. The summed E-state index contributed by atoms with van der Waals surface area (Å²) >= 11 is 0. The maximum Gasteiger partial charge on any atom is 0.241 e. The first-order valence-electron chi connectivity index (χ1n) is 7.72. The lowest BCUT2D eigenvalue weighted by Gasteiger charge is -2.17. The highest BCUT2D eigenvalue weighted by Crippen LogP contribution is 2.33. The summed E-state index contributed by atoms with van der Waals surface area (Å²) in [5, 5.41) is 3.28. The Hall–Kier alpha value is -0.910. The molecule has 0 heterocycles. The fourth-order valence-corrected chi connectivity index (χ4v) is 3.95. The average Bonchev–Trinajstić information content (AvgIpc) is 3.19. The highest BCUT2D eigenvalue weighted by molar-refractivity contribution is 7.89. The Kier molecular flexibility index (Phi) is 5.41. The van der Waals surface area contributed by atoms with Crippen molar-refractivity contribution in [3.63, 3.8) is 0 Å². The normalized spacial score (nSPS) is 17.1. The van der Waals surface area contributed by atoms with Crippen LogP contribution in [0, 0.1) is 5.92 Å². The molecule has 1 atom stereocenters. The van der Waals surface area contributed by atoms with Crippen molar-refractivity contribution < 1.29 is 8.42 Å². The molecule has 0 amide bonds. The van der Waals surface area contributed by atoms with Crippen molar-refractivity contribution in [2.45, 2.75) is 63.6 Å². The molecule has 1 aliphatic carbocycles. The van der Waals surface area contributed by atoms with Crippen molar-refractivity contribution in [2.75, 3.05) is 0 Å². The van der Waals surface area contributed by atoms with Crippen LogP contribution in [0.5, 0.6) is 0 Å². The molecule has 0 aliphatic heterocycles. The molecule has 2 N–H and O–H groups in total. The Labute approximate surface area is 128 Å². The molecule has 4 nitrogen and oxygen atoms in total. The lowest BCUT2D eigenvalue weighted by molar-refractivity contribution is 0.527. The van der Waals surface area contributed by atoms with Gasteiger partial charge in [0.15, 0.2) is 0 Å². The van der Waals surface area contributed by atoms with Crippen molar-refractivity contribution in [1.82, 2.24) is 10.0 Å². The molecule has 2 rings (SSSR count).